The molecule has 0 bridgehead atoms. The first-order valence-electron chi connectivity index (χ1n) is 24.0. The first-order chi connectivity index (χ1) is 28.8. The summed E-state index contributed by atoms with van der Waals surface area (Å²) in [7, 11) is -0.405. The third kappa shape index (κ3) is 9.45. The van der Waals surface area contributed by atoms with Crippen molar-refractivity contribution in [1.29, 1.82) is 0 Å². The van der Waals surface area contributed by atoms with Crippen LogP contribution in [0, 0.1) is 0 Å². The molecule has 0 radical (unpaired) electrons. The minimum atomic E-state index is -0.202. The molecule has 4 aromatic carbocycles. The van der Waals surface area contributed by atoms with Crippen LogP contribution in [0.3, 0.4) is 0 Å². The Balaban J connectivity index is 1.30. The Hall–Kier alpha value is -2.66. The van der Waals surface area contributed by atoms with Gasteiger partial charge in [-0.25, -0.2) is 0 Å². The van der Waals surface area contributed by atoms with Crippen LogP contribution in [0.4, 0.5) is 0 Å². The smallest absolute Gasteiger partial charge is 0.127 e. The van der Waals surface area contributed by atoms with Gasteiger partial charge in [-0.15, -0.1) is 0 Å². The molecule has 0 unspecified atom stereocenters. The van der Waals surface area contributed by atoms with Crippen LogP contribution in [-0.2, 0) is 12.3 Å². The summed E-state index contributed by atoms with van der Waals surface area (Å²) in [5.74, 6) is 2.21. The van der Waals surface area contributed by atoms with Crippen LogP contribution in [0.1, 0.15) is 152 Å². The summed E-state index contributed by atoms with van der Waals surface area (Å²) in [4.78, 5) is 0. The van der Waals surface area contributed by atoms with Crippen LogP contribution in [0.2, 0.25) is 0 Å². The van der Waals surface area contributed by atoms with E-state index < -0.39 is 0 Å². The zero-order valence-corrected chi connectivity index (χ0v) is 37.3. The lowest BCUT2D eigenvalue weighted by Gasteiger charge is -2.40. The quantitative estimate of drug-likeness (QED) is 0.149. The van der Waals surface area contributed by atoms with Crippen molar-refractivity contribution in [2.24, 2.45) is 0 Å². The minimum absolute atomic E-state index is 0.202. The largest absolute Gasteiger partial charge is 0.493 e. The molecule has 58 heavy (non-hydrogen) atoms. The van der Waals surface area contributed by atoms with Crippen molar-refractivity contribution in [2.45, 2.75) is 176 Å². The molecular weight excluding hydrogens is 743 g/mol. The summed E-state index contributed by atoms with van der Waals surface area (Å²) >= 11 is 0. The van der Waals surface area contributed by atoms with E-state index in [1.54, 1.807) is 11.1 Å². The van der Waals surface area contributed by atoms with Crippen LogP contribution >= 0.6 is 15.8 Å². The average Bonchev–Trinajstić information content (AvgIpc) is 3.30. The van der Waals surface area contributed by atoms with Gasteiger partial charge in [-0.1, -0.05) is 166 Å². The normalized spacial score (nSPS) is 20.6. The zero-order chi connectivity index (χ0) is 38.9. The second-order valence-electron chi connectivity index (χ2n) is 18.6. The Kier molecular flexibility index (Phi) is 14.2. The van der Waals surface area contributed by atoms with Crippen molar-refractivity contribution < 1.29 is 9.47 Å². The third-order valence-electron chi connectivity index (χ3n) is 14.9. The number of rotatable bonds is 10. The van der Waals surface area contributed by atoms with Crippen molar-refractivity contribution in [3.8, 4) is 44.9 Å². The van der Waals surface area contributed by atoms with E-state index in [0.717, 1.165) is 60.2 Å². The molecule has 2 nitrogen and oxygen atoms in total. The molecule has 1 heterocycles. The molecule has 0 aromatic heterocycles. The summed E-state index contributed by atoms with van der Waals surface area (Å²) in [6.07, 6.45) is 33.0. The van der Waals surface area contributed by atoms with Gasteiger partial charge in [0.15, 0.2) is 0 Å². The van der Waals surface area contributed by atoms with Crippen LogP contribution in [0.25, 0.3) is 33.4 Å². The summed E-state index contributed by atoms with van der Waals surface area (Å²) in [6.45, 7) is 1.50. The standard InChI is InChI=1S/C54H70O2P2/c1-7-21-41(22-8-1)47-33-35-51-53(49(47)39-57(43-25-11-3-12-26-43)44-27-13-4-14-28-44)54-50(40-58(45-29-15-5-16-30-45)46-31-17-6-18-32-46)48(42-23-9-2-10-24-42)34-36-52(54)56-38-20-19-37-55-51/h1-2,7-10,21-24,33-36,43-46H,3-6,11-20,25-32,37-40H2. The van der Waals surface area contributed by atoms with E-state index in [9.17, 15) is 0 Å². The summed E-state index contributed by atoms with van der Waals surface area (Å²) < 4.78 is 14.2. The average molecular weight is 813 g/mol. The van der Waals surface area contributed by atoms with E-state index in [0.29, 0.717) is 0 Å². The number of ether oxygens (including phenoxy) is 2. The Morgan fingerprint density at radius 3 is 1.02 bits per heavy atom. The van der Waals surface area contributed by atoms with Crippen molar-refractivity contribution >= 4 is 15.8 Å². The van der Waals surface area contributed by atoms with E-state index in [2.05, 4.69) is 84.9 Å². The van der Waals surface area contributed by atoms with E-state index in [-0.39, 0.29) is 15.8 Å². The van der Waals surface area contributed by atoms with E-state index in [1.165, 1.54) is 174 Å². The van der Waals surface area contributed by atoms with Crippen molar-refractivity contribution in [1.82, 2.24) is 0 Å². The van der Waals surface area contributed by atoms with E-state index in [1.807, 2.05) is 0 Å². The lowest BCUT2D eigenvalue weighted by Crippen LogP contribution is -2.22. The van der Waals surface area contributed by atoms with Crippen LogP contribution in [-0.4, -0.2) is 35.8 Å². The van der Waals surface area contributed by atoms with Gasteiger partial charge in [0.05, 0.1) is 13.2 Å². The highest BCUT2D eigenvalue weighted by atomic mass is 31.1. The van der Waals surface area contributed by atoms with Gasteiger partial charge in [0, 0.05) is 11.1 Å². The summed E-state index contributed by atoms with van der Waals surface area (Å²) in [5.41, 5.74) is 15.0. The molecule has 4 heteroatoms. The van der Waals surface area contributed by atoms with Gasteiger partial charge in [0.25, 0.3) is 0 Å². The predicted octanol–water partition coefficient (Wildman–Crippen LogP) is 16.5. The molecule has 0 amide bonds. The summed E-state index contributed by atoms with van der Waals surface area (Å²) in [6, 6.07) is 32.6. The number of hydrogen-bond donors (Lipinski definition) is 0. The number of hydrogen-bond acceptors (Lipinski definition) is 2. The molecule has 4 saturated carbocycles. The van der Waals surface area contributed by atoms with Gasteiger partial charge >= 0.3 is 0 Å². The fourth-order valence-electron chi connectivity index (χ4n) is 11.8. The van der Waals surface area contributed by atoms with Crippen LogP contribution in [0.15, 0.2) is 84.9 Å². The molecule has 4 aliphatic carbocycles. The molecular formula is C54H70O2P2. The maximum Gasteiger partial charge on any atom is 0.127 e. The first kappa shape index (κ1) is 40.7. The Labute approximate surface area is 354 Å². The minimum Gasteiger partial charge on any atom is -0.493 e. The molecule has 1 aliphatic heterocycles. The Morgan fingerprint density at radius 2 is 0.690 bits per heavy atom. The van der Waals surface area contributed by atoms with Gasteiger partial charge in [-0.05, 0) is 145 Å². The summed E-state index contributed by atoms with van der Waals surface area (Å²) in [5, 5.41) is 0. The lowest BCUT2D eigenvalue weighted by atomic mass is 9.86. The van der Waals surface area contributed by atoms with Crippen molar-refractivity contribution in [3.05, 3.63) is 96.1 Å². The van der Waals surface area contributed by atoms with E-state index >= 15 is 0 Å². The topological polar surface area (TPSA) is 18.5 Å². The molecule has 0 atom stereocenters. The second kappa shape index (κ2) is 20.3. The molecule has 4 aromatic rings. The fraction of sp³-hybridized carbons (Fsp3) is 0.556. The van der Waals surface area contributed by atoms with Gasteiger partial charge in [-0.2, -0.15) is 0 Å². The van der Waals surface area contributed by atoms with Gasteiger partial charge < -0.3 is 9.47 Å². The highest BCUT2D eigenvalue weighted by molar-refractivity contribution is 7.58. The number of benzene rings is 4. The predicted molar refractivity (Wildman–Crippen MR) is 252 cm³/mol. The van der Waals surface area contributed by atoms with Crippen LogP contribution in [0.5, 0.6) is 11.5 Å². The monoisotopic (exact) mass is 812 g/mol. The third-order valence-corrected chi connectivity index (χ3v) is 22.1. The molecule has 5 aliphatic rings. The van der Waals surface area contributed by atoms with Crippen molar-refractivity contribution in [2.75, 3.05) is 13.2 Å². The number of fused-ring (bicyclic) bond motifs is 3. The Bertz CT molecular complexity index is 1710. The maximum absolute atomic E-state index is 7.12. The van der Waals surface area contributed by atoms with Crippen molar-refractivity contribution in [3.63, 3.8) is 0 Å². The molecule has 0 N–H and O–H groups in total. The SMILES string of the molecule is c1ccc(-c2ccc3c(c2CP(C2CCCCC2)C2CCCCC2)-c2c(ccc(-c4ccccc4)c2CP(C2CCCCC2)C2CCCCC2)OCCCCO3)cc1. The van der Waals surface area contributed by atoms with Gasteiger partial charge in [0.2, 0.25) is 0 Å². The zero-order valence-electron chi connectivity index (χ0n) is 35.5. The fourth-order valence-corrected chi connectivity index (χ4v) is 19.6. The highest BCUT2D eigenvalue weighted by Gasteiger charge is 2.37. The highest BCUT2D eigenvalue weighted by Crippen LogP contribution is 2.63. The lowest BCUT2D eigenvalue weighted by molar-refractivity contribution is 0.263. The molecule has 0 saturated heterocycles. The maximum atomic E-state index is 7.12. The molecule has 308 valence electrons. The second-order valence-corrected chi connectivity index (χ2v) is 24.2. The first-order valence-corrected chi connectivity index (χ1v) is 27.3. The Morgan fingerprint density at radius 1 is 0.362 bits per heavy atom. The van der Waals surface area contributed by atoms with Gasteiger partial charge in [-0.3, -0.25) is 0 Å². The van der Waals surface area contributed by atoms with Gasteiger partial charge in [0.1, 0.15) is 11.5 Å². The van der Waals surface area contributed by atoms with Crippen LogP contribution < -0.4 is 9.47 Å². The molecule has 4 fully saturated rings. The molecule has 0 spiro atoms. The van der Waals surface area contributed by atoms with E-state index in [4.69, 9.17) is 9.47 Å². The molecule has 9 rings (SSSR count).